The first-order valence-electron chi connectivity index (χ1n) is 10.3. The summed E-state index contributed by atoms with van der Waals surface area (Å²) in [5.41, 5.74) is 3.05. The summed E-state index contributed by atoms with van der Waals surface area (Å²) in [6.45, 7) is 7.05. The third-order valence-corrected chi connectivity index (χ3v) is 6.12. The highest BCUT2D eigenvalue weighted by Crippen LogP contribution is 2.36. The zero-order valence-electron chi connectivity index (χ0n) is 15.8. The van der Waals surface area contributed by atoms with Gasteiger partial charge in [0.05, 0.1) is 0 Å². The van der Waals surface area contributed by atoms with E-state index in [1.54, 1.807) is 5.56 Å². The third-order valence-electron chi connectivity index (χ3n) is 6.12. The first kappa shape index (κ1) is 18.6. The molecule has 1 aliphatic carbocycles. The summed E-state index contributed by atoms with van der Waals surface area (Å²) < 4.78 is 0. The van der Waals surface area contributed by atoms with Gasteiger partial charge in [0.25, 0.3) is 0 Å². The standard InChI is InChI=1S/C23H38/c1-4-6-7-8-10-21-13-15-23(16-14-21)19(3)17-22-12-9-11-20(5-2)18-22/h9,11-12,18-19,21,23H,4-8,10,13-17H2,1-3H3/t19-,21?,23?/m0/s1. The third kappa shape index (κ3) is 6.32. The van der Waals surface area contributed by atoms with Crippen LogP contribution in [-0.2, 0) is 12.8 Å². The highest BCUT2D eigenvalue weighted by atomic mass is 14.3. The number of benzene rings is 1. The van der Waals surface area contributed by atoms with Gasteiger partial charge in [0.2, 0.25) is 0 Å². The lowest BCUT2D eigenvalue weighted by Gasteiger charge is -2.32. The van der Waals surface area contributed by atoms with E-state index in [4.69, 9.17) is 0 Å². The van der Waals surface area contributed by atoms with Crippen molar-refractivity contribution in [2.45, 2.75) is 91.4 Å². The SMILES string of the molecule is CCCCCCC1CCC([C@@H](C)Cc2cccc(CC)c2)CC1. The molecular weight excluding hydrogens is 276 g/mol. The van der Waals surface area contributed by atoms with Gasteiger partial charge in [-0.05, 0) is 54.6 Å². The second kappa shape index (κ2) is 10.2. The maximum Gasteiger partial charge on any atom is -0.0250 e. The van der Waals surface area contributed by atoms with Gasteiger partial charge >= 0.3 is 0 Å². The molecule has 0 radical (unpaired) electrons. The Hall–Kier alpha value is -0.780. The summed E-state index contributed by atoms with van der Waals surface area (Å²) in [6, 6.07) is 9.26. The van der Waals surface area contributed by atoms with Gasteiger partial charge in [0, 0.05) is 0 Å². The van der Waals surface area contributed by atoms with E-state index >= 15 is 0 Å². The Kier molecular flexibility index (Phi) is 8.20. The minimum absolute atomic E-state index is 0.850. The fourth-order valence-corrected chi connectivity index (χ4v) is 4.42. The number of aryl methyl sites for hydroxylation is 1. The Balaban J connectivity index is 1.71. The molecule has 0 amide bonds. The van der Waals surface area contributed by atoms with Crippen LogP contribution in [0.25, 0.3) is 0 Å². The van der Waals surface area contributed by atoms with E-state index in [0.717, 1.165) is 24.2 Å². The molecule has 1 fully saturated rings. The molecule has 0 unspecified atom stereocenters. The maximum absolute atomic E-state index is 2.49. The van der Waals surface area contributed by atoms with Crippen molar-refractivity contribution < 1.29 is 0 Å². The number of hydrogen-bond acceptors (Lipinski definition) is 0. The predicted octanol–water partition coefficient (Wildman–Crippen LogP) is 7.20. The quantitative estimate of drug-likeness (QED) is 0.423. The summed E-state index contributed by atoms with van der Waals surface area (Å²) in [6.07, 6.45) is 15.6. The molecule has 0 N–H and O–H groups in total. The molecule has 0 bridgehead atoms. The van der Waals surface area contributed by atoms with Crippen LogP contribution >= 0.6 is 0 Å². The normalized spacial score (nSPS) is 22.9. The minimum atomic E-state index is 0.850. The van der Waals surface area contributed by atoms with E-state index < -0.39 is 0 Å². The van der Waals surface area contributed by atoms with E-state index in [1.165, 1.54) is 69.8 Å². The zero-order valence-corrected chi connectivity index (χ0v) is 15.8. The van der Waals surface area contributed by atoms with Crippen LogP contribution in [0.4, 0.5) is 0 Å². The van der Waals surface area contributed by atoms with Gasteiger partial charge in [0.1, 0.15) is 0 Å². The molecule has 1 aliphatic rings. The topological polar surface area (TPSA) is 0 Å². The fraction of sp³-hybridized carbons (Fsp3) is 0.739. The highest BCUT2D eigenvalue weighted by molar-refractivity contribution is 5.23. The fourth-order valence-electron chi connectivity index (χ4n) is 4.42. The summed E-state index contributed by atoms with van der Waals surface area (Å²) in [5.74, 6) is 2.86. The second-order valence-electron chi connectivity index (χ2n) is 7.99. The molecule has 23 heavy (non-hydrogen) atoms. The molecule has 0 aliphatic heterocycles. The summed E-state index contributed by atoms with van der Waals surface area (Å²) in [4.78, 5) is 0. The lowest BCUT2D eigenvalue weighted by Crippen LogP contribution is -2.21. The van der Waals surface area contributed by atoms with E-state index in [-0.39, 0.29) is 0 Å². The van der Waals surface area contributed by atoms with Crippen LogP contribution in [0.15, 0.2) is 24.3 Å². The summed E-state index contributed by atoms with van der Waals surface area (Å²) >= 11 is 0. The van der Waals surface area contributed by atoms with Crippen LogP contribution in [0, 0.1) is 17.8 Å². The van der Waals surface area contributed by atoms with Gasteiger partial charge in [0.15, 0.2) is 0 Å². The molecule has 0 saturated heterocycles. The van der Waals surface area contributed by atoms with E-state index in [9.17, 15) is 0 Å². The largest absolute Gasteiger partial charge is 0.0654 e. The molecule has 0 spiro atoms. The van der Waals surface area contributed by atoms with Crippen molar-refractivity contribution >= 4 is 0 Å². The summed E-state index contributed by atoms with van der Waals surface area (Å²) in [7, 11) is 0. The average molecular weight is 315 g/mol. The van der Waals surface area contributed by atoms with Crippen molar-refractivity contribution in [3.63, 3.8) is 0 Å². The Labute approximate surface area is 145 Å². The van der Waals surface area contributed by atoms with Gasteiger partial charge < -0.3 is 0 Å². The van der Waals surface area contributed by atoms with Crippen LogP contribution in [0.2, 0.25) is 0 Å². The van der Waals surface area contributed by atoms with Crippen molar-refractivity contribution in [3.05, 3.63) is 35.4 Å². The molecule has 2 rings (SSSR count). The van der Waals surface area contributed by atoms with Crippen molar-refractivity contribution in [1.29, 1.82) is 0 Å². The van der Waals surface area contributed by atoms with Crippen molar-refractivity contribution in [2.75, 3.05) is 0 Å². The van der Waals surface area contributed by atoms with Gasteiger partial charge in [-0.3, -0.25) is 0 Å². The maximum atomic E-state index is 2.49. The Bertz CT molecular complexity index is 425. The lowest BCUT2D eigenvalue weighted by molar-refractivity contribution is 0.204. The number of rotatable bonds is 9. The number of unbranched alkanes of at least 4 members (excludes halogenated alkanes) is 3. The molecular formula is C23H38. The smallest absolute Gasteiger partial charge is 0.0250 e. The molecule has 1 aromatic rings. The van der Waals surface area contributed by atoms with Gasteiger partial charge in [-0.25, -0.2) is 0 Å². The van der Waals surface area contributed by atoms with Crippen LogP contribution in [-0.4, -0.2) is 0 Å². The van der Waals surface area contributed by atoms with Crippen LogP contribution in [0.5, 0.6) is 0 Å². The molecule has 1 saturated carbocycles. The van der Waals surface area contributed by atoms with Gasteiger partial charge in [-0.2, -0.15) is 0 Å². The Morgan fingerprint density at radius 3 is 2.39 bits per heavy atom. The first-order chi connectivity index (χ1) is 11.2. The van der Waals surface area contributed by atoms with Crippen molar-refractivity contribution in [1.82, 2.24) is 0 Å². The zero-order chi connectivity index (χ0) is 16.5. The molecule has 0 heterocycles. The first-order valence-corrected chi connectivity index (χ1v) is 10.3. The monoisotopic (exact) mass is 314 g/mol. The molecule has 1 atom stereocenters. The van der Waals surface area contributed by atoms with Gasteiger partial charge in [-0.1, -0.05) is 90.0 Å². The van der Waals surface area contributed by atoms with E-state index in [2.05, 4.69) is 45.0 Å². The van der Waals surface area contributed by atoms with E-state index in [1.807, 2.05) is 0 Å². The van der Waals surface area contributed by atoms with Crippen LogP contribution in [0.1, 0.15) is 89.7 Å². The van der Waals surface area contributed by atoms with Crippen molar-refractivity contribution in [3.8, 4) is 0 Å². The molecule has 130 valence electrons. The van der Waals surface area contributed by atoms with Crippen molar-refractivity contribution in [2.24, 2.45) is 17.8 Å². The second-order valence-corrected chi connectivity index (χ2v) is 7.99. The average Bonchev–Trinajstić information content (AvgIpc) is 2.59. The lowest BCUT2D eigenvalue weighted by atomic mass is 9.73. The molecule has 1 aromatic carbocycles. The van der Waals surface area contributed by atoms with E-state index in [0.29, 0.717) is 0 Å². The molecule has 0 nitrogen and oxygen atoms in total. The number of hydrogen-bond donors (Lipinski definition) is 0. The Morgan fingerprint density at radius 1 is 0.957 bits per heavy atom. The predicted molar refractivity (Wildman–Crippen MR) is 103 cm³/mol. The van der Waals surface area contributed by atoms with Gasteiger partial charge in [-0.15, -0.1) is 0 Å². The highest BCUT2D eigenvalue weighted by Gasteiger charge is 2.25. The minimum Gasteiger partial charge on any atom is -0.0654 e. The van der Waals surface area contributed by atoms with Crippen LogP contribution < -0.4 is 0 Å². The Morgan fingerprint density at radius 2 is 1.70 bits per heavy atom. The molecule has 0 aromatic heterocycles. The molecule has 0 heteroatoms. The van der Waals surface area contributed by atoms with Crippen LogP contribution in [0.3, 0.4) is 0 Å². The summed E-state index contributed by atoms with van der Waals surface area (Å²) in [5, 5.41) is 0.